The molecule has 0 saturated heterocycles. The first-order valence-corrected chi connectivity index (χ1v) is 10.8. The van der Waals surface area contributed by atoms with Crippen LogP contribution in [0, 0.1) is 0 Å². The van der Waals surface area contributed by atoms with E-state index in [0.29, 0.717) is 12.1 Å². The van der Waals surface area contributed by atoms with Crippen molar-refractivity contribution < 1.29 is 117 Å². The largest absolute Gasteiger partial charge is 1.00 e. The van der Waals surface area contributed by atoms with Gasteiger partial charge in [-0.3, -0.25) is 19.2 Å². The molecule has 2 aromatic carbocycles. The summed E-state index contributed by atoms with van der Waals surface area (Å²) < 4.78 is 79.4. The number of alkyl halides is 6. The van der Waals surface area contributed by atoms with Gasteiger partial charge in [-0.1, -0.05) is 23.2 Å². The number of amides is 2. The molecule has 0 radical (unpaired) electrons. The fraction of sp³-hybridized carbons (Fsp3) is 0.273. The van der Waals surface area contributed by atoms with E-state index in [1.165, 1.54) is 6.07 Å². The monoisotopic (exact) mass is 664 g/mol. The fourth-order valence-electron chi connectivity index (χ4n) is 2.39. The van der Waals surface area contributed by atoms with Crippen molar-refractivity contribution in [1.29, 1.82) is 0 Å². The number of benzene rings is 2. The van der Waals surface area contributed by atoms with E-state index in [2.05, 4.69) is 10.1 Å². The van der Waals surface area contributed by atoms with Gasteiger partial charge in [-0.25, -0.2) is 0 Å². The Balaban J connectivity index is -0.000000635. The number of halogens is 8. The number of carbonyl (C=O) groups excluding carboxylic acids is 3. The molecule has 19 heteroatoms. The van der Waals surface area contributed by atoms with Gasteiger partial charge in [0, 0.05) is 18.5 Å². The van der Waals surface area contributed by atoms with Crippen molar-refractivity contribution in [3.8, 4) is 0 Å². The van der Waals surface area contributed by atoms with E-state index >= 15 is 0 Å². The molecule has 0 spiro atoms. The maximum Gasteiger partial charge on any atom is 1.00 e. The number of aliphatic hydroxyl groups is 1. The average Bonchev–Trinajstić information content (AvgIpc) is 2.81. The van der Waals surface area contributed by atoms with Crippen LogP contribution in [-0.4, -0.2) is 53.7 Å². The molecule has 0 saturated carbocycles. The van der Waals surface area contributed by atoms with E-state index in [0.717, 1.165) is 32.4 Å². The fourth-order valence-corrected chi connectivity index (χ4v) is 2.84. The Labute approximate surface area is 281 Å². The van der Waals surface area contributed by atoms with Crippen LogP contribution in [0.15, 0.2) is 36.4 Å². The number of ether oxygens (including phenoxy) is 1. The van der Waals surface area contributed by atoms with Crippen molar-refractivity contribution >= 4 is 58.3 Å². The number of esters is 1. The number of aliphatic hydroxyl groups excluding tert-OH is 1. The first-order valence-electron chi connectivity index (χ1n) is 10.0. The second-order valence-electron chi connectivity index (χ2n) is 6.80. The van der Waals surface area contributed by atoms with Crippen molar-refractivity contribution in [3.63, 3.8) is 0 Å². The van der Waals surface area contributed by atoms with Crippen LogP contribution in [-0.2, 0) is 36.3 Å². The second-order valence-corrected chi connectivity index (χ2v) is 7.62. The minimum atomic E-state index is -4.65. The van der Waals surface area contributed by atoms with E-state index < -0.39 is 70.1 Å². The molecule has 10 nitrogen and oxygen atoms in total. The van der Waals surface area contributed by atoms with E-state index in [9.17, 15) is 45.5 Å². The molecule has 224 valence electrons. The summed E-state index contributed by atoms with van der Waals surface area (Å²) in [7, 11) is 2.10. The van der Waals surface area contributed by atoms with Crippen LogP contribution in [0.4, 0.5) is 37.7 Å². The van der Waals surface area contributed by atoms with Crippen molar-refractivity contribution in [1.82, 2.24) is 0 Å². The molecule has 0 atom stereocenters. The molecule has 5 N–H and O–H groups in total. The Hall–Kier alpha value is -1.96. The summed E-state index contributed by atoms with van der Waals surface area (Å²) in [5, 5.41) is 18.5. The van der Waals surface area contributed by atoms with E-state index in [-0.39, 0.29) is 68.2 Å². The maximum atomic E-state index is 12.6. The minimum Gasteiger partial charge on any atom is -0.870 e. The quantitative estimate of drug-likeness (QED) is 0.157. The first kappa shape index (κ1) is 43.5. The number of carboxylic acids is 1. The van der Waals surface area contributed by atoms with Crippen LogP contribution in [0.1, 0.15) is 24.0 Å². The summed E-state index contributed by atoms with van der Waals surface area (Å²) in [6, 6.07) is 5.67. The molecular formula is C22H21Cl2F6KN2O8. The standard InChI is InChI=1S/C11H9ClF3NO3.C10H7ClF3NO3.CH4O.K.H2O/c1-19-10(18)5-9(17)16-6-2-3-8(12)7(4-6)11(13,14)15;11-7-2-1-5(3-6(7)10(12,13)14)15-8(16)4-9(17)18;1-2;;/h2-4H,5H2,1H3,(H,16,17);1-3H,4H2,(H,15,16)(H,17,18);2H,1H3;;1H2/q;;;+1;/p-1. The number of nitrogens with one attached hydrogen (secondary N) is 2. The van der Waals surface area contributed by atoms with Gasteiger partial charge in [-0.2, -0.15) is 26.3 Å². The topological polar surface area (TPSA) is 172 Å². The van der Waals surface area contributed by atoms with Crippen LogP contribution in [0.25, 0.3) is 0 Å². The SMILES string of the molecule is CO.COC(=O)CC(=O)Nc1ccc(Cl)c(C(F)(F)F)c1.O=C(O)CC(=O)Nc1ccc(Cl)c(C(F)(F)F)c1.[K+].[OH-]. The minimum absolute atomic E-state index is 0. The second kappa shape index (κ2) is 20.0. The van der Waals surface area contributed by atoms with E-state index in [4.69, 9.17) is 33.4 Å². The molecule has 2 rings (SSSR count). The summed E-state index contributed by atoms with van der Waals surface area (Å²) in [5.74, 6) is -3.86. The van der Waals surface area contributed by atoms with Crippen LogP contribution in [0.5, 0.6) is 0 Å². The molecule has 0 aliphatic heterocycles. The van der Waals surface area contributed by atoms with Crippen molar-refractivity contribution in [2.45, 2.75) is 25.2 Å². The van der Waals surface area contributed by atoms with Gasteiger partial charge in [0.1, 0.15) is 12.8 Å². The first-order chi connectivity index (χ1) is 17.9. The summed E-state index contributed by atoms with van der Waals surface area (Å²) in [6.45, 7) is 0. The van der Waals surface area contributed by atoms with E-state index in [1.807, 2.05) is 5.32 Å². The maximum absolute atomic E-state index is 12.6. The van der Waals surface area contributed by atoms with Crippen molar-refractivity contribution in [2.24, 2.45) is 0 Å². The number of methoxy groups -OCH3 is 1. The molecule has 0 aliphatic carbocycles. The smallest absolute Gasteiger partial charge is 0.870 e. The summed E-state index contributed by atoms with van der Waals surface area (Å²) >= 11 is 10.8. The van der Waals surface area contributed by atoms with Gasteiger partial charge in [0.25, 0.3) is 0 Å². The van der Waals surface area contributed by atoms with Gasteiger partial charge >= 0.3 is 75.7 Å². The van der Waals surface area contributed by atoms with Gasteiger partial charge in [0.15, 0.2) is 0 Å². The zero-order valence-corrected chi connectivity index (χ0v) is 25.9. The Morgan fingerprint density at radius 1 is 0.780 bits per heavy atom. The van der Waals surface area contributed by atoms with Gasteiger partial charge in [0.2, 0.25) is 11.8 Å². The van der Waals surface area contributed by atoms with Crippen LogP contribution >= 0.6 is 23.2 Å². The Morgan fingerprint density at radius 2 is 1.12 bits per heavy atom. The summed E-state index contributed by atoms with van der Waals surface area (Å²) in [4.78, 5) is 43.4. The molecule has 0 heterocycles. The summed E-state index contributed by atoms with van der Waals surface area (Å²) in [5.41, 5.74) is -2.44. The number of rotatable bonds is 6. The number of anilines is 2. The normalized spacial score (nSPS) is 10.1. The third-order valence-electron chi connectivity index (χ3n) is 3.96. The zero-order chi connectivity index (χ0) is 30.6. The molecule has 0 bridgehead atoms. The zero-order valence-electron chi connectivity index (χ0n) is 21.3. The number of aliphatic carboxylic acids is 1. The molecule has 2 amide bonds. The molecule has 2 aromatic rings. The third-order valence-corrected chi connectivity index (χ3v) is 4.61. The average molecular weight is 665 g/mol. The number of carboxylic acid groups (broad SMARTS) is 1. The number of carbonyl (C=O) groups is 4. The number of hydrogen-bond acceptors (Lipinski definition) is 7. The Bertz CT molecular complexity index is 1180. The molecule has 0 unspecified atom stereocenters. The van der Waals surface area contributed by atoms with Gasteiger partial charge in [-0.15, -0.1) is 0 Å². The van der Waals surface area contributed by atoms with Gasteiger partial charge < -0.3 is 31.1 Å². The predicted octanol–water partition coefficient (Wildman–Crippen LogP) is 2.07. The number of hydrogen-bond donors (Lipinski definition) is 4. The molecule has 0 fully saturated rings. The molecular weight excluding hydrogens is 644 g/mol. The van der Waals surface area contributed by atoms with Crippen LogP contribution in [0.2, 0.25) is 10.0 Å². The van der Waals surface area contributed by atoms with Crippen LogP contribution < -0.4 is 62.0 Å². The van der Waals surface area contributed by atoms with E-state index in [1.54, 1.807) is 0 Å². The summed E-state index contributed by atoms with van der Waals surface area (Å²) in [6.07, 6.45) is -10.7. The molecule has 0 aromatic heterocycles. The van der Waals surface area contributed by atoms with Gasteiger partial charge in [-0.05, 0) is 36.4 Å². The molecule has 0 aliphatic rings. The Kier molecular flexibility index (Phi) is 21.2. The third kappa shape index (κ3) is 16.9. The Morgan fingerprint density at radius 3 is 1.41 bits per heavy atom. The van der Waals surface area contributed by atoms with Crippen LogP contribution in [0.3, 0.4) is 0 Å². The van der Waals surface area contributed by atoms with Crippen molar-refractivity contribution in [2.75, 3.05) is 24.9 Å². The predicted molar refractivity (Wildman–Crippen MR) is 129 cm³/mol. The molecule has 41 heavy (non-hydrogen) atoms. The van der Waals surface area contributed by atoms with Crippen molar-refractivity contribution in [3.05, 3.63) is 57.6 Å². The van der Waals surface area contributed by atoms with Gasteiger partial charge in [0.05, 0.1) is 28.3 Å².